The number of hydrogen-bond acceptors (Lipinski definition) is 2. The monoisotopic (exact) mass is 869 g/mol. The van der Waals surface area contributed by atoms with E-state index >= 15 is 0 Å². The first-order valence-electron chi connectivity index (χ1n) is 21.6. The van der Waals surface area contributed by atoms with E-state index in [4.69, 9.17) is 6.57 Å². The summed E-state index contributed by atoms with van der Waals surface area (Å²) in [7, 11) is 0. The molecule has 0 aliphatic rings. The van der Waals surface area contributed by atoms with Crippen LogP contribution in [-0.2, 0) is 6.18 Å². The van der Waals surface area contributed by atoms with E-state index in [1.807, 2.05) is 115 Å². The molecule has 0 unspecified atom stereocenters. The number of hydrogen-bond donors (Lipinski definition) is 0. The van der Waals surface area contributed by atoms with Crippen LogP contribution in [0.5, 0.6) is 0 Å². The highest BCUT2D eigenvalue weighted by Gasteiger charge is 2.31. The average molecular weight is 870 g/mol. The van der Waals surface area contributed by atoms with Gasteiger partial charge in [-0.25, -0.2) is 4.85 Å². The maximum absolute atomic E-state index is 14.0. The molecule has 0 aliphatic carbocycles. The summed E-state index contributed by atoms with van der Waals surface area (Å²) in [6.07, 6.45) is -4.50. The normalized spacial score (nSPS) is 11.5. The molecular weight excluding hydrogens is 836 g/mol. The Morgan fingerprint density at radius 2 is 0.970 bits per heavy atom. The molecule has 2 aromatic heterocycles. The minimum atomic E-state index is -4.50. The zero-order valence-corrected chi connectivity index (χ0v) is 35.8. The topological polar surface area (TPSA) is 61.8 Å². The van der Waals surface area contributed by atoms with Gasteiger partial charge in [-0.1, -0.05) is 109 Å². The lowest BCUT2D eigenvalue weighted by Crippen LogP contribution is -2.05. The number of halogens is 3. The van der Waals surface area contributed by atoms with Crippen molar-refractivity contribution in [2.75, 3.05) is 0 Å². The van der Waals surface area contributed by atoms with Crippen molar-refractivity contribution in [1.82, 2.24) is 9.13 Å². The number of fused-ring (bicyclic) bond motifs is 6. The molecule has 11 rings (SSSR count). The summed E-state index contributed by atoms with van der Waals surface area (Å²) in [4.78, 5) is 4.16. The number of para-hydroxylation sites is 2. The molecule has 0 saturated carbocycles. The Morgan fingerprint density at radius 1 is 0.463 bits per heavy atom. The van der Waals surface area contributed by atoms with Gasteiger partial charge in [0.15, 0.2) is 5.69 Å². The molecule has 0 bridgehead atoms. The van der Waals surface area contributed by atoms with E-state index in [1.54, 1.807) is 13.0 Å². The molecule has 316 valence electrons. The second-order valence-electron chi connectivity index (χ2n) is 16.5. The number of aromatic nitrogens is 2. The minimum Gasteiger partial charge on any atom is -0.310 e. The van der Waals surface area contributed by atoms with Crippen molar-refractivity contribution >= 4 is 49.3 Å². The van der Waals surface area contributed by atoms with E-state index in [0.29, 0.717) is 44.6 Å². The van der Waals surface area contributed by atoms with Crippen LogP contribution in [0.3, 0.4) is 0 Å². The van der Waals surface area contributed by atoms with Gasteiger partial charge in [-0.2, -0.15) is 23.7 Å². The molecule has 0 amide bonds. The van der Waals surface area contributed by atoms with Gasteiger partial charge >= 0.3 is 6.18 Å². The maximum Gasteiger partial charge on any atom is 0.416 e. The highest BCUT2D eigenvalue weighted by molar-refractivity contribution is 6.13. The molecule has 0 spiro atoms. The number of nitriles is 2. The summed E-state index contributed by atoms with van der Waals surface area (Å²) >= 11 is 0. The lowest BCUT2D eigenvalue weighted by Gasteiger charge is -2.21. The number of nitrogens with zero attached hydrogens (tertiary/aromatic N) is 5. The van der Waals surface area contributed by atoms with Crippen molar-refractivity contribution < 1.29 is 13.2 Å². The smallest absolute Gasteiger partial charge is 0.310 e. The summed E-state index contributed by atoms with van der Waals surface area (Å²) in [5.41, 5.74) is 12.5. The Morgan fingerprint density at radius 3 is 1.52 bits per heavy atom. The first-order chi connectivity index (χ1) is 32.7. The van der Waals surface area contributed by atoms with E-state index < -0.39 is 11.7 Å². The molecule has 67 heavy (non-hydrogen) atoms. The molecule has 5 nitrogen and oxygen atoms in total. The maximum atomic E-state index is 14.0. The van der Waals surface area contributed by atoms with E-state index in [1.165, 1.54) is 12.1 Å². The first-order valence-corrected chi connectivity index (χ1v) is 21.6. The zero-order valence-electron chi connectivity index (χ0n) is 35.8. The highest BCUT2D eigenvalue weighted by atomic mass is 19.4. The van der Waals surface area contributed by atoms with Gasteiger partial charge in [-0.15, -0.1) is 0 Å². The van der Waals surface area contributed by atoms with E-state index in [0.717, 1.165) is 83.3 Å². The van der Waals surface area contributed by atoms with Crippen molar-refractivity contribution in [3.63, 3.8) is 0 Å². The molecule has 2 heterocycles. The van der Waals surface area contributed by atoms with Gasteiger partial charge in [-0.05, 0) is 130 Å². The Hall–Kier alpha value is -9.16. The third-order valence-corrected chi connectivity index (χ3v) is 12.8. The van der Waals surface area contributed by atoms with E-state index in [-0.39, 0.29) is 0 Å². The summed E-state index contributed by atoms with van der Waals surface area (Å²) in [5.74, 6) is 0. The van der Waals surface area contributed by atoms with Crippen LogP contribution in [0.15, 0.2) is 188 Å². The Kier molecular flexibility index (Phi) is 9.59. The van der Waals surface area contributed by atoms with Crippen molar-refractivity contribution in [1.29, 1.82) is 10.5 Å². The van der Waals surface area contributed by atoms with Crippen molar-refractivity contribution in [2.45, 2.75) is 13.1 Å². The third-order valence-electron chi connectivity index (χ3n) is 12.8. The summed E-state index contributed by atoms with van der Waals surface area (Å²) in [6.45, 7) is 10.4. The number of alkyl halides is 3. The molecule has 0 atom stereocenters. The standard InChI is InChI=1S/C59H34F3N5/c1-36-30-42(59(60,61)62)25-26-43(36)37-22-29-56(66-52-19-9-7-16-46(52)48-31-38(23-27-54(48)66)44-14-5-3-12-40(44)34-63)50(33-37)58-51(65-2)18-11-21-57(58)67-53-20-10-8-17-47(53)49-32-39(24-28-55(49)67)45-15-6-4-13-41(45)35-64/h3-33H,1H3. The number of rotatable bonds is 6. The molecule has 0 N–H and O–H groups in total. The lowest BCUT2D eigenvalue weighted by atomic mass is 9.92. The van der Waals surface area contributed by atoms with Crippen LogP contribution in [0, 0.1) is 36.2 Å². The van der Waals surface area contributed by atoms with Crippen LogP contribution in [-0.4, -0.2) is 9.13 Å². The highest BCUT2D eigenvalue weighted by Crippen LogP contribution is 2.47. The SMILES string of the molecule is [C-]#[N+]c1cccc(-n2c3ccccc3c3cc(-c4ccccc4C#N)ccc32)c1-c1cc(-c2ccc(C(F)(F)F)cc2C)ccc1-n1c2ccccc2c2cc(-c3ccccc3C#N)ccc21. The average Bonchev–Trinajstić information content (AvgIpc) is 3.87. The van der Waals surface area contributed by atoms with Gasteiger partial charge in [0.05, 0.1) is 63.2 Å². The van der Waals surface area contributed by atoms with Crippen molar-refractivity contribution in [2.24, 2.45) is 0 Å². The van der Waals surface area contributed by atoms with Crippen molar-refractivity contribution in [3.05, 3.63) is 222 Å². The lowest BCUT2D eigenvalue weighted by molar-refractivity contribution is -0.137. The zero-order chi connectivity index (χ0) is 46.0. The van der Waals surface area contributed by atoms with Gasteiger partial charge < -0.3 is 9.13 Å². The molecule has 11 aromatic rings. The number of benzene rings is 9. The fourth-order valence-electron chi connectivity index (χ4n) is 9.81. The van der Waals surface area contributed by atoms with Gasteiger partial charge in [-0.3, -0.25) is 0 Å². The Bertz CT molecular complexity index is 3980. The van der Waals surface area contributed by atoms with Gasteiger partial charge in [0.2, 0.25) is 0 Å². The van der Waals surface area contributed by atoms with Crippen LogP contribution < -0.4 is 0 Å². The second-order valence-corrected chi connectivity index (χ2v) is 16.5. The molecule has 0 saturated heterocycles. The largest absolute Gasteiger partial charge is 0.416 e. The number of aryl methyl sites for hydroxylation is 1. The quantitative estimate of drug-likeness (QED) is 0.156. The molecule has 9 aromatic carbocycles. The molecular formula is C59H34F3N5. The fourth-order valence-corrected chi connectivity index (χ4v) is 9.81. The van der Waals surface area contributed by atoms with Crippen LogP contribution in [0.25, 0.3) is 104 Å². The third kappa shape index (κ3) is 6.61. The van der Waals surface area contributed by atoms with E-state index in [9.17, 15) is 23.7 Å². The Balaban J connectivity index is 1.22. The molecule has 0 aliphatic heterocycles. The molecule has 8 heteroatoms. The van der Waals surface area contributed by atoms with Gasteiger partial charge in [0.25, 0.3) is 0 Å². The predicted octanol–water partition coefficient (Wildman–Crippen LogP) is 16.2. The first kappa shape index (κ1) is 40.6. The summed E-state index contributed by atoms with van der Waals surface area (Å²) in [5, 5.41) is 23.9. The van der Waals surface area contributed by atoms with E-state index in [2.05, 4.69) is 74.6 Å². The Labute approximate surface area is 383 Å². The summed E-state index contributed by atoms with van der Waals surface area (Å²) < 4.78 is 46.3. The van der Waals surface area contributed by atoms with Crippen LogP contribution >= 0.6 is 0 Å². The van der Waals surface area contributed by atoms with Crippen LogP contribution in [0.2, 0.25) is 0 Å². The second kappa shape index (κ2) is 15.8. The van der Waals surface area contributed by atoms with Crippen molar-refractivity contribution in [3.8, 4) is 68.0 Å². The predicted molar refractivity (Wildman–Crippen MR) is 262 cm³/mol. The van der Waals surface area contributed by atoms with Crippen LogP contribution in [0.4, 0.5) is 18.9 Å². The fraction of sp³-hybridized carbons (Fsp3) is 0.0339. The molecule has 0 fully saturated rings. The van der Waals surface area contributed by atoms with Gasteiger partial charge in [0.1, 0.15) is 0 Å². The summed E-state index contributed by atoms with van der Waals surface area (Å²) in [6, 6.07) is 63.8. The minimum absolute atomic E-state index is 0.390. The van der Waals surface area contributed by atoms with Gasteiger partial charge in [0, 0.05) is 32.8 Å². The molecule has 0 radical (unpaired) electrons. The van der Waals surface area contributed by atoms with Crippen LogP contribution in [0.1, 0.15) is 22.3 Å².